The Labute approximate surface area is 274 Å². The Kier molecular flexibility index (Phi) is 6.46. The third kappa shape index (κ3) is 4.68. The lowest BCUT2D eigenvalue weighted by molar-refractivity contribution is 0.487. The summed E-state index contributed by atoms with van der Waals surface area (Å²) >= 11 is 0. The molecule has 0 bridgehead atoms. The number of benzene rings is 8. The van der Waals surface area contributed by atoms with Gasteiger partial charge in [-0.15, -0.1) is 0 Å². The molecule has 0 amide bonds. The molecule has 0 saturated heterocycles. The van der Waals surface area contributed by atoms with Crippen LogP contribution in [-0.2, 0) is 0 Å². The van der Waals surface area contributed by atoms with Crippen LogP contribution in [0.3, 0.4) is 0 Å². The molecule has 0 atom stereocenters. The smallest absolute Gasteiger partial charge is 0.137 e. The lowest BCUT2D eigenvalue weighted by Gasteiger charge is -2.30. The van der Waals surface area contributed by atoms with E-state index in [0.29, 0.717) is 0 Å². The summed E-state index contributed by atoms with van der Waals surface area (Å²) in [4.78, 5) is 4.62. The molecule has 8 aromatic carbocycles. The Balaban J connectivity index is 1.19. The number of hydrogen-bond donors (Lipinski definition) is 0. The van der Waals surface area contributed by atoms with Crippen LogP contribution >= 0.6 is 0 Å². The van der Waals surface area contributed by atoms with E-state index in [0.717, 1.165) is 62.0 Å². The Hall–Kier alpha value is -6.32. The number of anilines is 6. The topological polar surface area (TPSA) is 15.7 Å². The van der Waals surface area contributed by atoms with E-state index in [1.54, 1.807) is 0 Å². The molecule has 0 aliphatic carbocycles. The maximum atomic E-state index is 6.78. The molecule has 1 heterocycles. The molecule has 0 N–H and O–H groups in total. The van der Waals surface area contributed by atoms with Crippen molar-refractivity contribution in [2.24, 2.45) is 0 Å². The lowest BCUT2D eigenvalue weighted by atomic mass is 9.93. The van der Waals surface area contributed by atoms with Crippen LogP contribution in [0.5, 0.6) is 11.5 Å². The van der Waals surface area contributed by atoms with Gasteiger partial charge >= 0.3 is 0 Å². The first-order chi connectivity index (χ1) is 23.3. The highest BCUT2D eigenvalue weighted by molar-refractivity contribution is 6.11. The molecule has 0 aromatic heterocycles. The molecular weight excluding hydrogens is 572 g/mol. The van der Waals surface area contributed by atoms with Crippen LogP contribution in [0.1, 0.15) is 0 Å². The van der Waals surface area contributed by atoms with Crippen molar-refractivity contribution < 1.29 is 4.74 Å². The third-order valence-electron chi connectivity index (χ3n) is 8.99. The molecule has 0 fully saturated rings. The zero-order valence-corrected chi connectivity index (χ0v) is 25.6. The van der Waals surface area contributed by atoms with E-state index in [9.17, 15) is 0 Å². The maximum absolute atomic E-state index is 6.78. The second-order valence-corrected chi connectivity index (χ2v) is 11.8. The van der Waals surface area contributed by atoms with Gasteiger partial charge in [0.05, 0.1) is 5.69 Å². The average molecular weight is 603 g/mol. The molecule has 0 spiro atoms. The van der Waals surface area contributed by atoms with E-state index < -0.39 is 0 Å². The van der Waals surface area contributed by atoms with Gasteiger partial charge in [-0.1, -0.05) is 103 Å². The highest BCUT2D eigenvalue weighted by Gasteiger charge is 2.25. The molecule has 0 radical (unpaired) electrons. The predicted octanol–water partition coefficient (Wildman–Crippen LogP) is 12.7. The van der Waals surface area contributed by atoms with E-state index in [2.05, 4.69) is 192 Å². The summed E-state index contributed by atoms with van der Waals surface area (Å²) in [6, 6.07) is 64.2. The first-order valence-electron chi connectivity index (χ1n) is 15.9. The van der Waals surface area contributed by atoms with E-state index >= 15 is 0 Å². The van der Waals surface area contributed by atoms with Crippen LogP contribution in [-0.4, -0.2) is 0 Å². The van der Waals surface area contributed by atoms with Crippen LogP contribution < -0.4 is 14.5 Å². The van der Waals surface area contributed by atoms with E-state index in [1.807, 2.05) is 0 Å². The highest BCUT2D eigenvalue weighted by atomic mass is 16.5. The summed E-state index contributed by atoms with van der Waals surface area (Å²) in [5.74, 6) is 1.71. The SMILES string of the molecule is c1ccc(N(c2ccc3c(c2)Oc2cccc4c(N(c5ccccc5)c5ccccc5)ccc-3c24)c2ccc3ccccc3c2)cc1. The Bertz CT molecular complexity index is 2350. The fourth-order valence-corrected chi connectivity index (χ4v) is 6.86. The van der Waals surface area contributed by atoms with E-state index in [-0.39, 0.29) is 0 Å². The zero-order valence-electron chi connectivity index (χ0n) is 25.6. The van der Waals surface area contributed by atoms with Gasteiger partial charge in [0.25, 0.3) is 0 Å². The van der Waals surface area contributed by atoms with Crippen LogP contribution in [0.15, 0.2) is 182 Å². The van der Waals surface area contributed by atoms with Crippen molar-refractivity contribution in [1.29, 1.82) is 0 Å². The normalized spacial score (nSPS) is 11.6. The largest absolute Gasteiger partial charge is 0.456 e. The molecular formula is C44H30N2O. The molecule has 0 unspecified atom stereocenters. The number of rotatable bonds is 6. The second-order valence-electron chi connectivity index (χ2n) is 11.8. The molecule has 222 valence electrons. The van der Waals surface area contributed by atoms with Crippen molar-refractivity contribution in [2.45, 2.75) is 0 Å². The van der Waals surface area contributed by atoms with Gasteiger partial charge < -0.3 is 14.5 Å². The van der Waals surface area contributed by atoms with Crippen molar-refractivity contribution in [1.82, 2.24) is 0 Å². The van der Waals surface area contributed by atoms with Gasteiger partial charge in [-0.05, 0) is 89.1 Å². The van der Waals surface area contributed by atoms with Gasteiger partial charge in [-0.2, -0.15) is 0 Å². The predicted molar refractivity (Wildman–Crippen MR) is 196 cm³/mol. The van der Waals surface area contributed by atoms with E-state index in [4.69, 9.17) is 4.74 Å². The monoisotopic (exact) mass is 602 g/mol. The summed E-state index contributed by atoms with van der Waals surface area (Å²) in [6.07, 6.45) is 0. The summed E-state index contributed by atoms with van der Waals surface area (Å²) in [6.45, 7) is 0. The molecule has 47 heavy (non-hydrogen) atoms. The van der Waals surface area contributed by atoms with Crippen LogP contribution in [0.25, 0.3) is 32.7 Å². The van der Waals surface area contributed by atoms with Crippen molar-refractivity contribution >= 4 is 55.7 Å². The van der Waals surface area contributed by atoms with Gasteiger partial charge in [0.1, 0.15) is 11.5 Å². The number of ether oxygens (including phenoxy) is 1. The molecule has 3 heteroatoms. The molecule has 0 saturated carbocycles. The molecule has 3 nitrogen and oxygen atoms in total. The second kappa shape index (κ2) is 11.2. The summed E-state index contributed by atoms with van der Waals surface area (Å²) in [5, 5.41) is 4.69. The van der Waals surface area contributed by atoms with Crippen LogP contribution in [0.2, 0.25) is 0 Å². The first kappa shape index (κ1) is 27.0. The number of fused-ring (bicyclic) bond motifs is 3. The van der Waals surface area contributed by atoms with Gasteiger partial charge in [-0.25, -0.2) is 0 Å². The Morgan fingerprint density at radius 3 is 1.62 bits per heavy atom. The Morgan fingerprint density at radius 1 is 0.340 bits per heavy atom. The van der Waals surface area contributed by atoms with Crippen molar-refractivity contribution in [3.63, 3.8) is 0 Å². The van der Waals surface area contributed by atoms with Crippen molar-refractivity contribution in [2.75, 3.05) is 9.80 Å². The fraction of sp³-hybridized carbons (Fsp3) is 0. The first-order valence-corrected chi connectivity index (χ1v) is 15.9. The van der Waals surface area contributed by atoms with Gasteiger partial charge in [0.2, 0.25) is 0 Å². The highest BCUT2D eigenvalue weighted by Crippen LogP contribution is 2.52. The van der Waals surface area contributed by atoms with E-state index in [1.165, 1.54) is 16.3 Å². The quantitative estimate of drug-likeness (QED) is 0.188. The van der Waals surface area contributed by atoms with Crippen LogP contribution in [0, 0.1) is 0 Å². The average Bonchev–Trinajstić information content (AvgIpc) is 3.14. The number of hydrogen-bond acceptors (Lipinski definition) is 3. The molecule has 1 aliphatic rings. The summed E-state index contributed by atoms with van der Waals surface area (Å²) < 4.78 is 6.78. The van der Waals surface area contributed by atoms with Gasteiger partial charge in [0.15, 0.2) is 0 Å². The lowest BCUT2D eigenvalue weighted by Crippen LogP contribution is -2.11. The summed E-state index contributed by atoms with van der Waals surface area (Å²) in [7, 11) is 0. The Morgan fingerprint density at radius 2 is 0.915 bits per heavy atom. The van der Waals surface area contributed by atoms with Gasteiger partial charge in [0, 0.05) is 50.8 Å². The minimum Gasteiger partial charge on any atom is -0.456 e. The minimum absolute atomic E-state index is 0.847. The number of nitrogens with zero attached hydrogens (tertiary/aromatic N) is 2. The molecule has 1 aliphatic heterocycles. The fourth-order valence-electron chi connectivity index (χ4n) is 6.86. The van der Waals surface area contributed by atoms with Crippen molar-refractivity contribution in [3.05, 3.63) is 182 Å². The molecule has 8 aromatic rings. The van der Waals surface area contributed by atoms with Crippen molar-refractivity contribution in [3.8, 4) is 22.6 Å². The standard InChI is InChI=1S/C44H30N2O/c1-4-15-33(16-5-1)45(36-24-23-31-13-10-11-14-32(31)29-36)37-25-26-38-39-27-28-41(40-21-12-22-42(44(39)40)47-43(38)30-37)46(34-17-6-2-7-18-34)35-19-8-3-9-20-35/h1-30H. The number of para-hydroxylation sites is 3. The zero-order chi connectivity index (χ0) is 31.2. The maximum Gasteiger partial charge on any atom is 0.137 e. The minimum atomic E-state index is 0.847. The third-order valence-corrected chi connectivity index (χ3v) is 8.99. The summed E-state index contributed by atoms with van der Waals surface area (Å²) in [5.41, 5.74) is 8.81. The van der Waals surface area contributed by atoms with Gasteiger partial charge in [-0.3, -0.25) is 0 Å². The van der Waals surface area contributed by atoms with Crippen LogP contribution in [0.4, 0.5) is 34.1 Å². The molecule has 9 rings (SSSR count).